The van der Waals surface area contributed by atoms with Crippen molar-refractivity contribution >= 4 is 11.9 Å². The Morgan fingerprint density at radius 1 is 1.45 bits per heavy atom. The second-order valence-electron chi connectivity index (χ2n) is 6.37. The minimum Gasteiger partial charge on any atom is -0.481 e. The van der Waals surface area contributed by atoms with Crippen LogP contribution in [0.25, 0.3) is 0 Å². The van der Waals surface area contributed by atoms with E-state index < -0.39 is 11.4 Å². The van der Waals surface area contributed by atoms with E-state index in [-0.39, 0.29) is 17.9 Å². The molecule has 0 aromatic carbocycles. The fourth-order valence-corrected chi connectivity index (χ4v) is 2.78. The average molecular weight is 284 g/mol. The second-order valence-corrected chi connectivity index (χ2v) is 6.37. The lowest BCUT2D eigenvalue weighted by molar-refractivity contribution is -0.153. The highest BCUT2D eigenvalue weighted by molar-refractivity contribution is 5.77. The number of likely N-dealkylation sites (tertiary alicyclic amines) is 1. The molecule has 1 amide bonds. The number of rotatable bonds is 6. The zero-order valence-electron chi connectivity index (χ0n) is 13.1. The van der Waals surface area contributed by atoms with E-state index in [2.05, 4.69) is 5.32 Å². The van der Waals surface area contributed by atoms with Crippen LogP contribution in [0.1, 0.15) is 47.0 Å². The van der Waals surface area contributed by atoms with Gasteiger partial charge in [0.2, 0.25) is 5.91 Å². The molecule has 0 spiro atoms. The number of carbonyl (C=O) groups excluding carboxylic acids is 1. The van der Waals surface area contributed by atoms with Gasteiger partial charge in [-0.05, 0) is 46.1 Å². The van der Waals surface area contributed by atoms with Crippen LogP contribution < -0.4 is 5.32 Å². The molecule has 1 aliphatic rings. The van der Waals surface area contributed by atoms with Crippen molar-refractivity contribution in [3.05, 3.63) is 0 Å². The minimum atomic E-state index is -0.780. The van der Waals surface area contributed by atoms with Crippen molar-refractivity contribution < 1.29 is 14.7 Å². The van der Waals surface area contributed by atoms with Crippen molar-refractivity contribution in [1.29, 1.82) is 0 Å². The van der Waals surface area contributed by atoms with Gasteiger partial charge in [-0.15, -0.1) is 0 Å². The first-order chi connectivity index (χ1) is 9.28. The van der Waals surface area contributed by atoms with E-state index in [1.54, 1.807) is 13.8 Å². The van der Waals surface area contributed by atoms with Crippen LogP contribution in [-0.2, 0) is 9.59 Å². The maximum Gasteiger partial charge on any atom is 0.309 e. The molecule has 1 fully saturated rings. The summed E-state index contributed by atoms with van der Waals surface area (Å²) in [6.45, 7) is 9.71. The number of piperidine rings is 1. The smallest absolute Gasteiger partial charge is 0.309 e. The Morgan fingerprint density at radius 2 is 2.10 bits per heavy atom. The average Bonchev–Trinajstić information content (AvgIpc) is 2.38. The number of carboxylic acids is 1. The van der Waals surface area contributed by atoms with Gasteiger partial charge in [-0.2, -0.15) is 0 Å². The topological polar surface area (TPSA) is 69.6 Å². The number of carbonyl (C=O) groups is 2. The van der Waals surface area contributed by atoms with E-state index in [0.29, 0.717) is 13.0 Å². The minimum absolute atomic E-state index is 0.0344. The van der Waals surface area contributed by atoms with Crippen LogP contribution in [0.2, 0.25) is 0 Å². The molecule has 0 radical (unpaired) electrons. The van der Waals surface area contributed by atoms with E-state index in [0.717, 1.165) is 25.9 Å². The van der Waals surface area contributed by atoms with Crippen LogP contribution in [0.3, 0.4) is 0 Å². The predicted molar refractivity (Wildman–Crippen MR) is 78.5 cm³/mol. The first-order valence-corrected chi connectivity index (χ1v) is 7.53. The van der Waals surface area contributed by atoms with Crippen molar-refractivity contribution in [2.45, 2.75) is 53.0 Å². The molecule has 1 aliphatic heterocycles. The summed E-state index contributed by atoms with van der Waals surface area (Å²) in [6.07, 6.45) is 2.25. The fourth-order valence-electron chi connectivity index (χ4n) is 2.78. The maximum atomic E-state index is 12.3. The lowest BCUT2D eigenvalue weighted by Crippen LogP contribution is -2.48. The highest BCUT2D eigenvalue weighted by atomic mass is 16.4. The van der Waals surface area contributed by atoms with Crippen molar-refractivity contribution in [1.82, 2.24) is 10.2 Å². The molecule has 2 unspecified atom stereocenters. The number of aliphatic carboxylic acids is 1. The number of hydrogen-bond donors (Lipinski definition) is 2. The molecule has 0 aromatic heterocycles. The highest BCUT2D eigenvalue weighted by Gasteiger charge is 2.39. The molecule has 116 valence electrons. The predicted octanol–water partition coefficient (Wildman–Crippen LogP) is 1.72. The highest BCUT2D eigenvalue weighted by Crippen LogP contribution is 2.34. The van der Waals surface area contributed by atoms with E-state index in [9.17, 15) is 14.7 Å². The summed E-state index contributed by atoms with van der Waals surface area (Å²) in [7, 11) is 0. The summed E-state index contributed by atoms with van der Waals surface area (Å²) in [4.78, 5) is 25.5. The molecule has 2 N–H and O–H groups in total. The number of nitrogens with one attached hydrogen (secondary N) is 1. The number of carboxylic acid groups (broad SMARTS) is 1. The van der Waals surface area contributed by atoms with E-state index in [1.165, 1.54) is 0 Å². The van der Waals surface area contributed by atoms with Gasteiger partial charge in [0.05, 0.1) is 5.41 Å². The number of hydrogen-bond acceptors (Lipinski definition) is 3. The summed E-state index contributed by atoms with van der Waals surface area (Å²) in [5.74, 6) is -0.616. The molecule has 1 heterocycles. The Morgan fingerprint density at radius 3 is 2.65 bits per heavy atom. The standard InChI is InChI=1S/C15H28N2O3/c1-5-16-11(2)9-13(18)17-8-6-7-12(10-17)15(3,4)14(19)20/h11-12,16H,5-10H2,1-4H3,(H,19,20). The van der Waals surface area contributed by atoms with Gasteiger partial charge in [0.25, 0.3) is 0 Å². The lowest BCUT2D eigenvalue weighted by Gasteiger charge is -2.39. The summed E-state index contributed by atoms with van der Waals surface area (Å²) < 4.78 is 0. The summed E-state index contributed by atoms with van der Waals surface area (Å²) in [6, 6.07) is 0.167. The molecule has 1 rings (SSSR count). The van der Waals surface area contributed by atoms with Gasteiger partial charge in [0, 0.05) is 25.6 Å². The molecule has 20 heavy (non-hydrogen) atoms. The molecular formula is C15H28N2O3. The third-order valence-electron chi connectivity index (χ3n) is 4.38. The van der Waals surface area contributed by atoms with E-state index in [4.69, 9.17) is 0 Å². The molecule has 0 saturated carbocycles. The van der Waals surface area contributed by atoms with Crippen molar-refractivity contribution in [3.8, 4) is 0 Å². The zero-order valence-corrected chi connectivity index (χ0v) is 13.1. The van der Waals surface area contributed by atoms with Gasteiger partial charge in [-0.25, -0.2) is 0 Å². The normalized spacial score (nSPS) is 21.6. The molecule has 1 saturated heterocycles. The Bertz CT molecular complexity index is 355. The maximum absolute atomic E-state index is 12.3. The molecule has 5 nitrogen and oxygen atoms in total. The quantitative estimate of drug-likeness (QED) is 0.779. The van der Waals surface area contributed by atoms with E-state index >= 15 is 0 Å². The van der Waals surface area contributed by atoms with Crippen molar-refractivity contribution in [2.75, 3.05) is 19.6 Å². The Balaban J connectivity index is 2.60. The van der Waals surface area contributed by atoms with Gasteiger partial charge in [-0.3, -0.25) is 9.59 Å². The molecule has 0 aromatic rings. The van der Waals surface area contributed by atoms with Gasteiger partial charge in [0.15, 0.2) is 0 Å². The molecule has 0 aliphatic carbocycles. The molecule has 0 bridgehead atoms. The monoisotopic (exact) mass is 284 g/mol. The molecule has 2 atom stereocenters. The first-order valence-electron chi connectivity index (χ1n) is 7.53. The SMILES string of the molecule is CCNC(C)CC(=O)N1CCCC(C(C)(C)C(=O)O)C1. The van der Waals surface area contributed by atoms with Crippen LogP contribution in [0.15, 0.2) is 0 Å². The van der Waals surface area contributed by atoms with Gasteiger partial charge < -0.3 is 15.3 Å². The van der Waals surface area contributed by atoms with Crippen LogP contribution in [0.5, 0.6) is 0 Å². The van der Waals surface area contributed by atoms with Gasteiger partial charge >= 0.3 is 5.97 Å². The third-order valence-corrected chi connectivity index (χ3v) is 4.38. The second kappa shape index (κ2) is 7.07. The van der Waals surface area contributed by atoms with E-state index in [1.807, 2.05) is 18.7 Å². The summed E-state index contributed by atoms with van der Waals surface area (Å²) in [5, 5.41) is 12.6. The first kappa shape index (κ1) is 17.0. The third kappa shape index (κ3) is 4.20. The fraction of sp³-hybridized carbons (Fsp3) is 0.867. The summed E-state index contributed by atoms with van der Waals surface area (Å²) >= 11 is 0. The van der Waals surface area contributed by atoms with Crippen molar-refractivity contribution in [2.24, 2.45) is 11.3 Å². The Hall–Kier alpha value is -1.10. The molecular weight excluding hydrogens is 256 g/mol. The van der Waals surface area contributed by atoms with Crippen LogP contribution >= 0.6 is 0 Å². The zero-order chi connectivity index (χ0) is 15.3. The summed E-state index contributed by atoms with van der Waals surface area (Å²) in [5.41, 5.74) is -0.772. The Labute approximate surface area is 121 Å². The van der Waals surface area contributed by atoms with Crippen LogP contribution in [0, 0.1) is 11.3 Å². The van der Waals surface area contributed by atoms with Crippen molar-refractivity contribution in [3.63, 3.8) is 0 Å². The van der Waals surface area contributed by atoms with Crippen LogP contribution in [-0.4, -0.2) is 47.6 Å². The largest absolute Gasteiger partial charge is 0.481 e. The van der Waals surface area contributed by atoms with Gasteiger partial charge in [-0.1, -0.05) is 6.92 Å². The number of nitrogens with zero attached hydrogens (tertiary/aromatic N) is 1. The van der Waals surface area contributed by atoms with Gasteiger partial charge in [0.1, 0.15) is 0 Å². The Kier molecular flexibility index (Phi) is 5.99. The lowest BCUT2D eigenvalue weighted by atomic mass is 9.74. The van der Waals surface area contributed by atoms with Crippen LogP contribution in [0.4, 0.5) is 0 Å². The number of amides is 1. The molecule has 5 heteroatoms.